The average Bonchev–Trinajstić information content (AvgIpc) is 3.10. The quantitative estimate of drug-likeness (QED) is 0.722. The highest BCUT2D eigenvalue weighted by molar-refractivity contribution is 8.18. The van der Waals surface area contributed by atoms with Crippen LogP contribution in [-0.2, 0) is 9.59 Å². The minimum Gasteiger partial charge on any atom is -0.390 e. The van der Waals surface area contributed by atoms with E-state index in [4.69, 9.17) is 11.6 Å². The Kier molecular flexibility index (Phi) is 6.29. The molecule has 9 heteroatoms. The van der Waals surface area contributed by atoms with Crippen molar-refractivity contribution >= 4 is 58.3 Å². The van der Waals surface area contributed by atoms with Crippen LogP contribution in [0.1, 0.15) is 12.0 Å². The van der Waals surface area contributed by atoms with Crippen molar-refractivity contribution in [3.63, 3.8) is 0 Å². The van der Waals surface area contributed by atoms with Gasteiger partial charge in [-0.05, 0) is 35.5 Å². The molecule has 3 amide bonds. The smallest absolute Gasteiger partial charge is 0.293 e. The highest BCUT2D eigenvalue weighted by Gasteiger charge is 2.35. The molecule has 2 aliphatic heterocycles. The van der Waals surface area contributed by atoms with Crippen LogP contribution in [0.5, 0.6) is 0 Å². The molecule has 0 bridgehead atoms. The van der Waals surface area contributed by atoms with Gasteiger partial charge in [-0.3, -0.25) is 19.3 Å². The monoisotopic (exact) mass is 412 g/mol. The third-order valence-corrected chi connectivity index (χ3v) is 6.29. The van der Waals surface area contributed by atoms with E-state index < -0.39 is 17.3 Å². The number of hydrogen-bond donors (Lipinski definition) is 2. The zero-order valence-corrected chi connectivity index (χ0v) is 16.1. The first-order valence-corrected chi connectivity index (χ1v) is 10.3. The highest BCUT2D eigenvalue weighted by Crippen LogP contribution is 2.32. The first kappa shape index (κ1) is 19.3. The summed E-state index contributed by atoms with van der Waals surface area (Å²) in [5, 5.41) is 12.6. The van der Waals surface area contributed by atoms with Gasteiger partial charge in [-0.2, -0.15) is 11.8 Å². The summed E-state index contributed by atoms with van der Waals surface area (Å²) in [5.41, 5.74) is 0.730. The Balaban J connectivity index is 1.58. The molecule has 0 saturated carbocycles. The standard InChI is InChI=1S/C17H17ClN2O4S2/c18-11-3-1-2-10(6-11)7-14-16(23)20(17(24)26-14)5-4-15(22)19-12-8-25-9-13(12)21/h1-3,6-7,12-13,21H,4-5,8-9H2,(H,19,22)/b14-7+/t12-,13+/m1/s1. The van der Waals surface area contributed by atoms with Crippen molar-refractivity contribution < 1.29 is 19.5 Å². The normalized spacial score (nSPS) is 24.5. The van der Waals surface area contributed by atoms with Gasteiger partial charge >= 0.3 is 0 Å². The molecule has 1 aromatic carbocycles. The number of amides is 3. The number of nitrogens with zero attached hydrogens (tertiary/aromatic N) is 1. The maximum absolute atomic E-state index is 12.4. The molecule has 26 heavy (non-hydrogen) atoms. The number of rotatable bonds is 5. The number of halogens is 1. The summed E-state index contributed by atoms with van der Waals surface area (Å²) < 4.78 is 0. The third kappa shape index (κ3) is 4.62. The fraction of sp³-hybridized carbons (Fsp3) is 0.353. The number of benzene rings is 1. The van der Waals surface area contributed by atoms with Gasteiger partial charge in [0.2, 0.25) is 5.91 Å². The van der Waals surface area contributed by atoms with Crippen LogP contribution in [0.15, 0.2) is 29.2 Å². The second-order valence-corrected chi connectivity index (χ2v) is 8.42. The first-order valence-electron chi connectivity index (χ1n) is 8.00. The molecule has 2 fully saturated rings. The summed E-state index contributed by atoms with van der Waals surface area (Å²) in [6.45, 7) is 0.0132. The van der Waals surface area contributed by atoms with Crippen LogP contribution < -0.4 is 5.32 Å². The Morgan fingerprint density at radius 2 is 2.19 bits per heavy atom. The predicted molar refractivity (Wildman–Crippen MR) is 104 cm³/mol. The maximum atomic E-state index is 12.4. The van der Waals surface area contributed by atoms with Crippen molar-refractivity contribution in [3.8, 4) is 0 Å². The van der Waals surface area contributed by atoms with E-state index in [1.807, 2.05) is 0 Å². The zero-order chi connectivity index (χ0) is 18.7. The number of aliphatic hydroxyl groups is 1. The molecule has 2 heterocycles. The topological polar surface area (TPSA) is 86.7 Å². The second kappa shape index (κ2) is 8.47. The van der Waals surface area contributed by atoms with Crippen molar-refractivity contribution in [2.24, 2.45) is 0 Å². The van der Waals surface area contributed by atoms with Crippen molar-refractivity contribution in [1.29, 1.82) is 0 Å². The van der Waals surface area contributed by atoms with E-state index in [0.29, 0.717) is 21.4 Å². The van der Waals surface area contributed by atoms with Crippen LogP contribution in [0.3, 0.4) is 0 Å². The fourth-order valence-electron chi connectivity index (χ4n) is 2.61. The Morgan fingerprint density at radius 3 is 2.88 bits per heavy atom. The molecule has 2 N–H and O–H groups in total. The molecule has 2 saturated heterocycles. The van der Waals surface area contributed by atoms with Crippen molar-refractivity contribution in [3.05, 3.63) is 39.8 Å². The molecule has 1 aromatic rings. The number of carbonyl (C=O) groups is 3. The Bertz CT molecular complexity index is 771. The summed E-state index contributed by atoms with van der Waals surface area (Å²) >= 11 is 8.35. The molecule has 6 nitrogen and oxygen atoms in total. The Labute approximate surface area is 164 Å². The fourth-order valence-corrected chi connectivity index (χ4v) is 4.85. The first-order chi connectivity index (χ1) is 12.4. The Morgan fingerprint density at radius 1 is 1.38 bits per heavy atom. The number of thioether (sulfide) groups is 2. The van der Waals surface area contributed by atoms with Crippen LogP contribution in [0, 0.1) is 0 Å². The van der Waals surface area contributed by atoms with E-state index in [2.05, 4.69) is 5.32 Å². The van der Waals surface area contributed by atoms with Crippen LogP contribution in [0.25, 0.3) is 6.08 Å². The lowest BCUT2D eigenvalue weighted by atomic mass is 10.2. The maximum Gasteiger partial charge on any atom is 0.293 e. The average molecular weight is 413 g/mol. The van der Waals surface area contributed by atoms with Gasteiger partial charge in [0.15, 0.2) is 0 Å². The van der Waals surface area contributed by atoms with E-state index in [0.717, 1.165) is 22.2 Å². The van der Waals surface area contributed by atoms with E-state index in [-0.39, 0.29) is 24.9 Å². The Hall–Kier alpha value is -1.48. The summed E-state index contributed by atoms with van der Waals surface area (Å²) in [5.74, 6) is 0.567. The molecule has 0 unspecified atom stereocenters. The van der Waals surface area contributed by atoms with E-state index >= 15 is 0 Å². The van der Waals surface area contributed by atoms with Crippen LogP contribution in [0.2, 0.25) is 5.02 Å². The van der Waals surface area contributed by atoms with Crippen LogP contribution in [0.4, 0.5) is 4.79 Å². The number of hydrogen-bond acceptors (Lipinski definition) is 6. The third-order valence-electron chi connectivity index (χ3n) is 3.98. The number of aliphatic hydroxyl groups excluding tert-OH is 1. The van der Waals surface area contributed by atoms with Gasteiger partial charge < -0.3 is 10.4 Å². The van der Waals surface area contributed by atoms with Gasteiger partial charge in [0.05, 0.1) is 17.1 Å². The summed E-state index contributed by atoms with van der Waals surface area (Å²) in [6.07, 6.45) is 1.07. The lowest BCUT2D eigenvalue weighted by Gasteiger charge is -2.17. The van der Waals surface area contributed by atoms with Crippen molar-refractivity contribution in [2.45, 2.75) is 18.6 Å². The van der Waals surface area contributed by atoms with Gasteiger partial charge in [0.1, 0.15) is 0 Å². The molecule has 3 rings (SSSR count). The summed E-state index contributed by atoms with van der Waals surface area (Å²) in [6, 6.07) is 6.71. The SMILES string of the molecule is O=C(CCN1C(=O)S/C(=C/c2cccc(Cl)c2)C1=O)N[C@@H]1CSC[C@@H]1O. The van der Waals surface area contributed by atoms with Crippen molar-refractivity contribution in [2.75, 3.05) is 18.1 Å². The van der Waals surface area contributed by atoms with Crippen molar-refractivity contribution in [1.82, 2.24) is 10.2 Å². The van der Waals surface area contributed by atoms with Crippen LogP contribution in [-0.4, -0.2) is 57.3 Å². The predicted octanol–water partition coefficient (Wildman–Crippen LogP) is 2.36. The molecule has 0 aliphatic carbocycles. The molecule has 2 aliphatic rings. The zero-order valence-electron chi connectivity index (χ0n) is 13.7. The van der Waals surface area contributed by atoms with Gasteiger partial charge in [0, 0.05) is 29.5 Å². The molecule has 0 radical (unpaired) electrons. The van der Waals surface area contributed by atoms with Gasteiger partial charge in [-0.15, -0.1) is 0 Å². The lowest BCUT2D eigenvalue weighted by Crippen LogP contribution is -2.43. The van der Waals surface area contributed by atoms with Gasteiger partial charge in [-0.1, -0.05) is 23.7 Å². The number of nitrogens with one attached hydrogen (secondary N) is 1. The number of carbonyl (C=O) groups excluding carboxylic acids is 3. The summed E-state index contributed by atoms with van der Waals surface area (Å²) in [7, 11) is 0. The summed E-state index contributed by atoms with van der Waals surface area (Å²) in [4.78, 5) is 37.9. The van der Waals surface area contributed by atoms with E-state index in [1.165, 1.54) is 0 Å². The molecular formula is C17H17ClN2O4S2. The highest BCUT2D eigenvalue weighted by atomic mass is 35.5. The second-order valence-electron chi connectivity index (χ2n) is 5.92. The van der Waals surface area contributed by atoms with E-state index in [9.17, 15) is 19.5 Å². The van der Waals surface area contributed by atoms with Gasteiger partial charge in [0.25, 0.3) is 11.1 Å². The van der Waals surface area contributed by atoms with Gasteiger partial charge in [-0.25, -0.2) is 0 Å². The molecular weight excluding hydrogens is 396 g/mol. The minimum absolute atomic E-state index is 0.0103. The minimum atomic E-state index is -0.554. The lowest BCUT2D eigenvalue weighted by molar-refractivity contribution is -0.124. The van der Waals surface area contributed by atoms with E-state index in [1.54, 1.807) is 42.1 Å². The number of imide groups is 1. The van der Waals surface area contributed by atoms with Crippen LogP contribution >= 0.6 is 35.1 Å². The molecule has 138 valence electrons. The molecule has 0 spiro atoms. The molecule has 0 aromatic heterocycles. The molecule has 2 atom stereocenters. The largest absolute Gasteiger partial charge is 0.390 e.